The molecule has 0 aromatic heterocycles. The van der Waals surface area contributed by atoms with Gasteiger partial charge in [-0.2, -0.15) is 0 Å². The molecular weight excluding hydrogens is 290 g/mol. The maximum Gasteiger partial charge on any atom is 0.322 e. The van der Waals surface area contributed by atoms with Crippen LogP contribution < -0.4 is 15.1 Å². The topological polar surface area (TPSA) is 52.7 Å². The highest BCUT2D eigenvalue weighted by atomic mass is 16.2. The Morgan fingerprint density at radius 2 is 1.78 bits per heavy atom. The Labute approximate surface area is 137 Å². The standard InChI is InChI=1S/C18H25N3O2/c1-13(2)21-16-11-7-6-10-15(16)20(12-17(21)22)18(23)19-14-8-4-3-5-9-14/h6-7,10-11,13-14H,3-5,8-9,12H2,1-2H3,(H,19,23). The van der Waals surface area contributed by atoms with Gasteiger partial charge in [-0.15, -0.1) is 0 Å². The number of hydrogen-bond acceptors (Lipinski definition) is 2. The Bertz CT molecular complexity index is 594. The number of amides is 3. The van der Waals surface area contributed by atoms with Crippen molar-refractivity contribution < 1.29 is 9.59 Å². The zero-order valence-corrected chi connectivity index (χ0v) is 13.9. The van der Waals surface area contributed by atoms with Crippen LogP contribution in [0.25, 0.3) is 0 Å². The van der Waals surface area contributed by atoms with Crippen molar-refractivity contribution in [2.45, 2.75) is 58.0 Å². The third-order valence-corrected chi connectivity index (χ3v) is 4.69. The van der Waals surface area contributed by atoms with Gasteiger partial charge in [0.2, 0.25) is 5.91 Å². The summed E-state index contributed by atoms with van der Waals surface area (Å²) < 4.78 is 0. The number of fused-ring (bicyclic) bond motifs is 1. The minimum absolute atomic E-state index is 0.0301. The van der Waals surface area contributed by atoms with Crippen molar-refractivity contribution in [2.24, 2.45) is 0 Å². The maximum atomic E-state index is 12.7. The van der Waals surface area contributed by atoms with Crippen LogP contribution in [0.5, 0.6) is 0 Å². The number of nitrogens with one attached hydrogen (secondary N) is 1. The number of urea groups is 1. The molecule has 124 valence electrons. The van der Waals surface area contributed by atoms with Crippen molar-refractivity contribution in [3.05, 3.63) is 24.3 Å². The predicted molar refractivity (Wildman–Crippen MR) is 91.8 cm³/mol. The van der Waals surface area contributed by atoms with Gasteiger partial charge in [-0.25, -0.2) is 4.79 Å². The Hall–Kier alpha value is -2.04. The lowest BCUT2D eigenvalue weighted by molar-refractivity contribution is -0.117. The van der Waals surface area contributed by atoms with Crippen LogP contribution in [-0.4, -0.2) is 30.6 Å². The van der Waals surface area contributed by atoms with Gasteiger partial charge in [0.1, 0.15) is 6.54 Å². The first-order valence-corrected chi connectivity index (χ1v) is 8.57. The van der Waals surface area contributed by atoms with Gasteiger partial charge in [-0.05, 0) is 38.8 Å². The summed E-state index contributed by atoms with van der Waals surface area (Å²) in [5.41, 5.74) is 1.63. The Kier molecular flexibility index (Phi) is 4.55. The Balaban J connectivity index is 1.83. The van der Waals surface area contributed by atoms with Crippen LogP contribution in [0.2, 0.25) is 0 Å². The molecule has 5 nitrogen and oxygen atoms in total. The first kappa shape index (κ1) is 15.8. The van der Waals surface area contributed by atoms with Crippen molar-refractivity contribution >= 4 is 23.3 Å². The molecule has 1 fully saturated rings. The van der Waals surface area contributed by atoms with Crippen LogP contribution >= 0.6 is 0 Å². The molecule has 1 heterocycles. The summed E-state index contributed by atoms with van der Waals surface area (Å²) in [6.45, 7) is 4.09. The molecule has 0 spiro atoms. The van der Waals surface area contributed by atoms with Crippen molar-refractivity contribution in [2.75, 3.05) is 16.3 Å². The molecule has 0 unspecified atom stereocenters. The molecule has 1 aliphatic carbocycles. The molecule has 1 saturated carbocycles. The molecule has 23 heavy (non-hydrogen) atoms. The van der Waals surface area contributed by atoms with Crippen molar-refractivity contribution in [1.82, 2.24) is 5.32 Å². The molecule has 2 aliphatic rings. The van der Waals surface area contributed by atoms with Gasteiger partial charge in [-0.1, -0.05) is 31.4 Å². The van der Waals surface area contributed by atoms with Crippen LogP contribution in [0.15, 0.2) is 24.3 Å². The highest BCUT2D eigenvalue weighted by Gasteiger charge is 2.34. The Morgan fingerprint density at radius 3 is 2.43 bits per heavy atom. The van der Waals surface area contributed by atoms with E-state index in [4.69, 9.17) is 0 Å². The molecule has 0 atom stereocenters. The Morgan fingerprint density at radius 1 is 1.13 bits per heavy atom. The van der Waals surface area contributed by atoms with E-state index in [1.165, 1.54) is 19.3 Å². The minimum Gasteiger partial charge on any atom is -0.335 e. The van der Waals surface area contributed by atoms with Crippen molar-refractivity contribution in [3.8, 4) is 0 Å². The normalized spacial score (nSPS) is 19.0. The molecule has 5 heteroatoms. The van der Waals surface area contributed by atoms with Crippen LogP contribution in [0, 0.1) is 0 Å². The fourth-order valence-electron chi connectivity index (χ4n) is 3.57. The number of carbonyl (C=O) groups is 2. The van der Waals surface area contributed by atoms with Gasteiger partial charge in [0.05, 0.1) is 11.4 Å². The second kappa shape index (κ2) is 6.60. The highest BCUT2D eigenvalue weighted by Crippen LogP contribution is 2.34. The fraction of sp³-hybridized carbons (Fsp3) is 0.556. The predicted octanol–water partition coefficient (Wildman–Crippen LogP) is 3.29. The summed E-state index contributed by atoms with van der Waals surface area (Å²) in [7, 11) is 0. The van der Waals surface area contributed by atoms with Gasteiger partial charge < -0.3 is 10.2 Å². The zero-order valence-electron chi connectivity index (χ0n) is 13.9. The van der Waals surface area contributed by atoms with Crippen LogP contribution in [-0.2, 0) is 4.79 Å². The summed E-state index contributed by atoms with van der Waals surface area (Å²) in [6.07, 6.45) is 5.66. The largest absolute Gasteiger partial charge is 0.335 e. The highest BCUT2D eigenvalue weighted by molar-refractivity contribution is 6.10. The van der Waals surface area contributed by atoms with Crippen molar-refractivity contribution in [1.29, 1.82) is 0 Å². The first-order valence-electron chi connectivity index (χ1n) is 8.57. The lowest BCUT2D eigenvalue weighted by atomic mass is 9.96. The maximum absolute atomic E-state index is 12.7. The monoisotopic (exact) mass is 315 g/mol. The number of rotatable bonds is 2. The fourth-order valence-corrected chi connectivity index (χ4v) is 3.57. The third kappa shape index (κ3) is 3.19. The van der Waals surface area contributed by atoms with E-state index >= 15 is 0 Å². The summed E-state index contributed by atoms with van der Waals surface area (Å²) in [4.78, 5) is 28.6. The average Bonchev–Trinajstić information content (AvgIpc) is 2.54. The molecule has 0 saturated heterocycles. The van der Waals surface area contributed by atoms with E-state index in [1.807, 2.05) is 38.1 Å². The smallest absolute Gasteiger partial charge is 0.322 e. The molecule has 1 aromatic rings. The minimum atomic E-state index is -0.152. The number of carbonyl (C=O) groups excluding carboxylic acids is 2. The van der Waals surface area contributed by atoms with E-state index in [9.17, 15) is 9.59 Å². The molecule has 0 radical (unpaired) electrons. The average molecular weight is 315 g/mol. The van der Waals surface area contributed by atoms with Crippen LogP contribution in [0.1, 0.15) is 46.0 Å². The zero-order chi connectivity index (χ0) is 16.4. The molecular formula is C18H25N3O2. The van der Waals surface area contributed by atoms with Gasteiger partial charge in [0.25, 0.3) is 0 Å². The molecule has 1 aliphatic heterocycles. The summed E-state index contributed by atoms with van der Waals surface area (Å²) in [5, 5.41) is 3.11. The number of benzene rings is 1. The SMILES string of the molecule is CC(C)N1C(=O)CN(C(=O)NC2CCCCC2)c2ccccc21. The lowest BCUT2D eigenvalue weighted by Gasteiger charge is -2.38. The van der Waals surface area contributed by atoms with Crippen molar-refractivity contribution in [3.63, 3.8) is 0 Å². The first-order chi connectivity index (χ1) is 11.1. The van der Waals surface area contributed by atoms with E-state index in [2.05, 4.69) is 5.32 Å². The second-order valence-electron chi connectivity index (χ2n) is 6.72. The van der Waals surface area contributed by atoms with E-state index < -0.39 is 0 Å². The quantitative estimate of drug-likeness (QED) is 0.910. The molecule has 3 rings (SSSR count). The number of para-hydroxylation sites is 2. The second-order valence-corrected chi connectivity index (χ2v) is 6.72. The van der Waals surface area contributed by atoms with Crippen LogP contribution in [0.3, 0.4) is 0 Å². The van der Waals surface area contributed by atoms with Gasteiger partial charge in [-0.3, -0.25) is 9.69 Å². The molecule has 1 N–H and O–H groups in total. The summed E-state index contributed by atoms with van der Waals surface area (Å²) in [6, 6.07) is 7.80. The summed E-state index contributed by atoms with van der Waals surface area (Å²) in [5.74, 6) is -0.0301. The van der Waals surface area contributed by atoms with E-state index in [0.717, 1.165) is 24.2 Å². The van der Waals surface area contributed by atoms with E-state index in [1.54, 1.807) is 9.80 Å². The number of nitrogens with zero attached hydrogens (tertiary/aromatic N) is 2. The van der Waals surface area contributed by atoms with E-state index in [0.29, 0.717) is 0 Å². The molecule has 0 bridgehead atoms. The van der Waals surface area contributed by atoms with Crippen LogP contribution in [0.4, 0.5) is 16.2 Å². The number of anilines is 2. The summed E-state index contributed by atoms with van der Waals surface area (Å²) >= 11 is 0. The van der Waals surface area contributed by atoms with Gasteiger partial charge >= 0.3 is 6.03 Å². The van der Waals surface area contributed by atoms with E-state index in [-0.39, 0.29) is 30.6 Å². The molecule has 1 aromatic carbocycles. The number of hydrogen-bond donors (Lipinski definition) is 1. The molecule has 3 amide bonds. The lowest BCUT2D eigenvalue weighted by Crippen LogP contribution is -2.54. The van der Waals surface area contributed by atoms with Gasteiger partial charge in [0, 0.05) is 12.1 Å². The third-order valence-electron chi connectivity index (χ3n) is 4.69. The van der Waals surface area contributed by atoms with Gasteiger partial charge in [0.15, 0.2) is 0 Å².